The Labute approximate surface area is 114 Å². The van der Waals surface area contributed by atoms with Crippen LogP contribution in [0.15, 0.2) is 45.9 Å². The molecular formula is C13H12N4O3. The minimum absolute atomic E-state index is 0.168. The number of carbonyl (C=O) groups is 1. The third-order valence-corrected chi connectivity index (χ3v) is 2.82. The zero-order valence-electron chi connectivity index (χ0n) is 10.7. The predicted molar refractivity (Wildman–Crippen MR) is 68.6 cm³/mol. The molecule has 3 aromatic heterocycles. The van der Waals surface area contributed by atoms with E-state index in [1.807, 2.05) is 29.9 Å². The highest BCUT2D eigenvalue weighted by Gasteiger charge is 2.12. The van der Waals surface area contributed by atoms with Gasteiger partial charge in [-0.05, 0) is 18.2 Å². The van der Waals surface area contributed by atoms with E-state index in [9.17, 15) is 4.79 Å². The highest BCUT2D eigenvalue weighted by molar-refractivity contribution is 5.93. The molecule has 3 rings (SSSR count). The van der Waals surface area contributed by atoms with Crippen LogP contribution < -0.4 is 5.32 Å². The van der Waals surface area contributed by atoms with E-state index in [2.05, 4.69) is 15.5 Å². The summed E-state index contributed by atoms with van der Waals surface area (Å²) in [4.78, 5) is 15.9. The Morgan fingerprint density at radius 3 is 3.05 bits per heavy atom. The molecule has 0 saturated heterocycles. The molecule has 1 amide bonds. The number of nitrogens with one attached hydrogen (secondary N) is 1. The molecule has 0 aliphatic heterocycles. The normalized spacial score (nSPS) is 10.7. The van der Waals surface area contributed by atoms with Crippen LogP contribution in [0, 0.1) is 0 Å². The van der Waals surface area contributed by atoms with Crippen LogP contribution >= 0.6 is 0 Å². The second-order valence-electron chi connectivity index (χ2n) is 4.21. The molecule has 0 saturated carbocycles. The topological polar surface area (TPSA) is 86.1 Å². The summed E-state index contributed by atoms with van der Waals surface area (Å²) in [7, 11) is 1.89. The van der Waals surface area contributed by atoms with Crippen molar-refractivity contribution in [2.45, 2.75) is 6.54 Å². The van der Waals surface area contributed by atoms with E-state index < -0.39 is 0 Å². The number of nitrogens with zero attached hydrogens (tertiary/aromatic N) is 3. The van der Waals surface area contributed by atoms with Crippen molar-refractivity contribution in [3.05, 3.63) is 48.4 Å². The number of hydrogen-bond acceptors (Lipinski definition) is 5. The average molecular weight is 272 g/mol. The molecule has 0 radical (unpaired) electrons. The smallest absolute Gasteiger partial charge is 0.254 e. The van der Waals surface area contributed by atoms with E-state index in [0.29, 0.717) is 17.3 Å². The summed E-state index contributed by atoms with van der Waals surface area (Å²) in [6.45, 7) is 0.168. The molecule has 0 unspecified atom stereocenters. The Kier molecular flexibility index (Phi) is 3.08. The van der Waals surface area contributed by atoms with E-state index in [-0.39, 0.29) is 12.5 Å². The minimum Gasteiger partial charge on any atom is -0.472 e. The van der Waals surface area contributed by atoms with Gasteiger partial charge in [-0.25, -0.2) is 0 Å². The molecule has 0 aromatic carbocycles. The van der Waals surface area contributed by atoms with E-state index in [4.69, 9.17) is 8.94 Å². The van der Waals surface area contributed by atoms with Crippen molar-refractivity contribution < 1.29 is 13.7 Å². The van der Waals surface area contributed by atoms with Gasteiger partial charge in [0.1, 0.15) is 6.26 Å². The first-order valence-corrected chi connectivity index (χ1v) is 5.99. The Morgan fingerprint density at radius 1 is 1.45 bits per heavy atom. The summed E-state index contributed by atoms with van der Waals surface area (Å²) < 4.78 is 11.8. The van der Waals surface area contributed by atoms with Crippen LogP contribution in [-0.4, -0.2) is 20.6 Å². The maximum atomic E-state index is 11.7. The molecule has 1 N–H and O–H groups in total. The maximum absolute atomic E-state index is 11.7. The second-order valence-corrected chi connectivity index (χ2v) is 4.21. The molecule has 3 aromatic rings. The molecule has 7 heteroatoms. The first-order chi connectivity index (χ1) is 9.74. The van der Waals surface area contributed by atoms with Gasteiger partial charge < -0.3 is 18.8 Å². The molecule has 102 valence electrons. The van der Waals surface area contributed by atoms with Gasteiger partial charge in [0.05, 0.1) is 24.1 Å². The molecule has 7 nitrogen and oxygen atoms in total. The zero-order valence-corrected chi connectivity index (χ0v) is 10.7. The lowest BCUT2D eigenvalue weighted by Gasteiger charge is -1.98. The molecular weight excluding hydrogens is 260 g/mol. The van der Waals surface area contributed by atoms with E-state index in [1.54, 1.807) is 6.07 Å². The monoisotopic (exact) mass is 272 g/mol. The van der Waals surface area contributed by atoms with Crippen LogP contribution in [0.2, 0.25) is 0 Å². The van der Waals surface area contributed by atoms with Gasteiger partial charge in [0, 0.05) is 13.2 Å². The summed E-state index contributed by atoms with van der Waals surface area (Å²) in [5.74, 6) is 0.584. The highest BCUT2D eigenvalue weighted by Crippen LogP contribution is 2.15. The highest BCUT2D eigenvalue weighted by atomic mass is 16.5. The summed E-state index contributed by atoms with van der Waals surface area (Å²) in [5, 5.41) is 6.56. The molecule has 3 heterocycles. The number of furan rings is 1. The predicted octanol–water partition coefficient (Wildman–Crippen LogP) is 1.60. The molecule has 0 fully saturated rings. The number of carbonyl (C=O) groups excluding carboxylic acids is 1. The van der Waals surface area contributed by atoms with Crippen molar-refractivity contribution >= 4 is 5.91 Å². The lowest BCUT2D eigenvalue weighted by atomic mass is 10.3. The van der Waals surface area contributed by atoms with Crippen molar-refractivity contribution in [3.63, 3.8) is 0 Å². The van der Waals surface area contributed by atoms with Gasteiger partial charge in [0.25, 0.3) is 5.91 Å². The van der Waals surface area contributed by atoms with Gasteiger partial charge >= 0.3 is 0 Å². The van der Waals surface area contributed by atoms with E-state index in [1.165, 1.54) is 12.5 Å². The fourth-order valence-corrected chi connectivity index (χ4v) is 1.78. The number of hydrogen-bond donors (Lipinski definition) is 1. The Balaban J connectivity index is 1.66. The summed E-state index contributed by atoms with van der Waals surface area (Å²) >= 11 is 0. The van der Waals surface area contributed by atoms with Gasteiger partial charge in [0.15, 0.2) is 0 Å². The van der Waals surface area contributed by atoms with Gasteiger partial charge in [-0.2, -0.15) is 4.98 Å². The third-order valence-electron chi connectivity index (χ3n) is 2.82. The third kappa shape index (κ3) is 2.33. The SMILES string of the molecule is Cn1cccc1-c1noc(CNC(=O)c2ccoc2)n1. The average Bonchev–Trinajstić information content (AvgIpc) is 3.17. The fourth-order valence-electron chi connectivity index (χ4n) is 1.78. The number of aromatic nitrogens is 3. The first kappa shape index (κ1) is 12.2. The maximum Gasteiger partial charge on any atom is 0.254 e. The van der Waals surface area contributed by atoms with Crippen LogP contribution in [0.3, 0.4) is 0 Å². The van der Waals surface area contributed by atoms with Gasteiger partial charge in [-0.3, -0.25) is 4.79 Å². The molecule has 20 heavy (non-hydrogen) atoms. The summed E-state index contributed by atoms with van der Waals surface area (Å²) in [6.07, 6.45) is 4.71. The fraction of sp³-hybridized carbons (Fsp3) is 0.154. The largest absolute Gasteiger partial charge is 0.472 e. The van der Waals surface area contributed by atoms with Crippen LogP contribution in [0.5, 0.6) is 0 Å². The van der Waals surface area contributed by atoms with E-state index in [0.717, 1.165) is 5.69 Å². The lowest BCUT2D eigenvalue weighted by Crippen LogP contribution is -2.22. The number of amides is 1. The molecule has 0 aliphatic carbocycles. The van der Waals surface area contributed by atoms with Crippen LogP contribution in [0.4, 0.5) is 0 Å². The van der Waals surface area contributed by atoms with Crippen LogP contribution in [-0.2, 0) is 13.6 Å². The standard InChI is InChI=1S/C13H12N4O3/c1-17-5-2-3-10(17)12-15-11(20-16-12)7-14-13(18)9-4-6-19-8-9/h2-6,8H,7H2,1H3,(H,14,18). The van der Waals surface area contributed by atoms with Crippen molar-refractivity contribution in [1.82, 2.24) is 20.0 Å². The Bertz CT molecular complexity index is 712. The Hall–Kier alpha value is -2.83. The van der Waals surface area contributed by atoms with Gasteiger partial charge in [-0.15, -0.1) is 0 Å². The van der Waals surface area contributed by atoms with Gasteiger partial charge in [-0.1, -0.05) is 5.16 Å². The van der Waals surface area contributed by atoms with Gasteiger partial charge in [0.2, 0.25) is 11.7 Å². The molecule has 0 aliphatic rings. The molecule has 0 atom stereocenters. The van der Waals surface area contributed by atoms with Crippen LogP contribution in [0.25, 0.3) is 11.5 Å². The second kappa shape index (κ2) is 5.04. The summed E-state index contributed by atoms with van der Waals surface area (Å²) in [6, 6.07) is 5.36. The molecule has 0 spiro atoms. The number of rotatable bonds is 4. The lowest BCUT2D eigenvalue weighted by molar-refractivity contribution is 0.0945. The van der Waals surface area contributed by atoms with Crippen LogP contribution in [0.1, 0.15) is 16.2 Å². The molecule has 0 bridgehead atoms. The van der Waals surface area contributed by atoms with Crippen molar-refractivity contribution in [2.24, 2.45) is 7.05 Å². The van der Waals surface area contributed by atoms with Crippen molar-refractivity contribution in [3.8, 4) is 11.5 Å². The number of aryl methyl sites for hydroxylation is 1. The van der Waals surface area contributed by atoms with E-state index >= 15 is 0 Å². The Morgan fingerprint density at radius 2 is 2.35 bits per heavy atom. The minimum atomic E-state index is -0.252. The van der Waals surface area contributed by atoms with Crippen molar-refractivity contribution in [2.75, 3.05) is 0 Å². The zero-order chi connectivity index (χ0) is 13.9. The van der Waals surface area contributed by atoms with Crippen molar-refractivity contribution in [1.29, 1.82) is 0 Å². The first-order valence-electron chi connectivity index (χ1n) is 5.99. The quantitative estimate of drug-likeness (QED) is 0.779. The summed E-state index contributed by atoms with van der Waals surface area (Å²) in [5.41, 5.74) is 1.30.